The van der Waals surface area contributed by atoms with E-state index >= 15 is 0 Å². The molecule has 1 aliphatic carbocycles. The van der Waals surface area contributed by atoms with E-state index in [0.29, 0.717) is 12.0 Å². The molecule has 0 bridgehead atoms. The third-order valence-corrected chi connectivity index (χ3v) is 5.76. The van der Waals surface area contributed by atoms with Gasteiger partial charge in [-0.15, -0.1) is 0 Å². The fourth-order valence-corrected chi connectivity index (χ4v) is 4.29. The maximum atomic E-state index is 11.9. The van der Waals surface area contributed by atoms with Gasteiger partial charge in [-0.3, -0.25) is 4.79 Å². The number of likely N-dealkylation sites (N-methyl/N-ethyl adjacent to an activating group) is 3. The van der Waals surface area contributed by atoms with E-state index in [1.807, 2.05) is 7.05 Å². The van der Waals surface area contributed by atoms with Crippen molar-refractivity contribution in [3.05, 3.63) is 0 Å². The molecule has 0 spiro atoms. The fourth-order valence-electron chi connectivity index (χ4n) is 4.29. The van der Waals surface area contributed by atoms with E-state index in [1.165, 1.54) is 19.4 Å². The summed E-state index contributed by atoms with van der Waals surface area (Å²) in [6, 6.07) is 0.655. The van der Waals surface area contributed by atoms with E-state index in [-0.39, 0.29) is 5.91 Å². The van der Waals surface area contributed by atoms with E-state index in [1.54, 1.807) is 0 Å². The quantitative estimate of drug-likeness (QED) is 0.755. The second kappa shape index (κ2) is 7.07. The van der Waals surface area contributed by atoms with Gasteiger partial charge in [-0.05, 0) is 72.3 Å². The molecule has 2 aliphatic rings. The number of hydrogen-bond acceptors (Lipinski definition) is 4. The molecule has 2 fully saturated rings. The molecule has 1 amide bonds. The van der Waals surface area contributed by atoms with Gasteiger partial charge in [-0.1, -0.05) is 6.42 Å². The number of rotatable bonds is 6. The first kappa shape index (κ1) is 16.7. The van der Waals surface area contributed by atoms with Crippen LogP contribution in [0.25, 0.3) is 0 Å². The molecule has 0 aromatic rings. The Balaban J connectivity index is 1.88. The first-order valence-electron chi connectivity index (χ1n) is 8.37. The Labute approximate surface area is 129 Å². The molecule has 21 heavy (non-hydrogen) atoms. The maximum absolute atomic E-state index is 11.9. The number of likely N-dealkylation sites (tertiary alicyclic amines) is 1. The summed E-state index contributed by atoms with van der Waals surface area (Å²) < 4.78 is 0. The van der Waals surface area contributed by atoms with Crippen LogP contribution in [0.15, 0.2) is 0 Å². The third kappa shape index (κ3) is 3.58. The van der Waals surface area contributed by atoms with Gasteiger partial charge in [0, 0.05) is 12.6 Å². The minimum atomic E-state index is -0.468. The molecule has 0 radical (unpaired) electrons. The third-order valence-electron chi connectivity index (χ3n) is 5.76. The Kier molecular flexibility index (Phi) is 5.63. The molecule has 3 unspecified atom stereocenters. The van der Waals surface area contributed by atoms with Crippen LogP contribution in [0.2, 0.25) is 0 Å². The van der Waals surface area contributed by atoms with Gasteiger partial charge in [0.2, 0.25) is 5.91 Å². The Morgan fingerprint density at radius 3 is 2.81 bits per heavy atom. The van der Waals surface area contributed by atoms with E-state index in [4.69, 9.17) is 5.73 Å². The number of carbonyl (C=O) groups is 1. The predicted molar refractivity (Wildman–Crippen MR) is 86.1 cm³/mol. The number of nitrogens with zero attached hydrogens (tertiary/aromatic N) is 2. The lowest BCUT2D eigenvalue weighted by Crippen LogP contribution is -2.57. The second-order valence-corrected chi connectivity index (χ2v) is 7.00. The van der Waals surface area contributed by atoms with Crippen molar-refractivity contribution in [1.29, 1.82) is 0 Å². The van der Waals surface area contributed by atoms with Gasteiger partial charge in [0.1, 0.15) is 5.54 Å². The van der Waals surface area contributed by atoms with Crippen LogP contribution in [0.1, 0.15) is 38.5 Å². The summed E-state index contributed by atoms with van der Waals surface area (Å²) in [4.78, 5) is 16.8. The number of piperidine rings is 1. The van der Waals surface area contributed by atoms with Crippen LogP contribution >= 0.6 is 0 Å². The number of hydrogen-bond donors (Lipinski definition) is 2. The summed E-state index contributed by atoms with van der Waals surface area (Å²) in [5.74, 6) is 0.205. The van der Waals surface area contributed by atoms with E-state index < -0.39 is 5.54 Å². The zero-order valence-corrected chi connectivity index (χ0v) is 13.9. The highest BCUT2D eigenvalue weighted by Gasteiger charge is 2.46. The molecular formula is C16H32N4O. The first-order chi connectivity index (χ1) is 9.99. The maximum Gasteiger partial charge on any atom is 0.238 e. The van der Waals surface area contributed by atoms with Crippen LogP contribution in [0, 0.1) is 5.92 Å². The highest BCUT2D eigenvalue weighted by Crippen LogP contribution is 2.37. The van der Waals surface area contributed by atoms with Crippen LogP contribution in [-0.4, -0.2) is 68.1 Å². The van der Waals surface area contributed by atoms with Gasteiger partial charge < -0.3 is 20.9 Å². The van der Waals surface area contributed by atoms with Crippen LogP contribution in [-0.2, 0) is 4.79 Å². The molecule has 1 aliphatic heterocycles. The number of primary amides is 1. The summed E-state index contributed by atoms with van der Waals surface area (Å²) >= 11 is 0. The molecule has 1 heterocycles. The topological polar surface area (TPSA) is 61.6 Å². The lowest BCUT2D eigenvalue weighted by atomic mass is 9.84. The Morgan fingerprint density at radius 1 is 1.43 bits per heavy atom. The first-order valence-corrected chi connectivity index (χ1v) is 8.37. The zero-order valence-electron chi connectivity index (χ0n) is 13.9. The van der Waals surface area contributed by atoms with Gasteiger partial charge in [-0.25, -0.2) is 0 Å². The number of amides is 1. The summed E-state index contributed by atoms with van der Waals surface area (Å²) in [6.07, 6.45) is 6.74. The minimum absolute atomic E-state index is 0.174. The molecule has 0 aromatic carbocycles. The molecule has 0 aromatic heterocycles. The highest BCUT2D eigenvalue weighted by molar-refractivity contribution is 5.85. The number of nitrogens with two attached hydrogens (primary N) is 1. The van der Waals surface area contributed by atoms with Crippen LogP contribution in [0.4, 0.5) is 0 Å². The smallest absolute Gasteiger partial charge is 0.238 e. The summed E-state index contributed by atoms with van der Waals surface area (Å²) in [7, 11) is 6.31. The molecule has 1 saturated heterocycles. The molecule has 2 rings (SSSR count). The Morgan fingerprint density at radius 2 is 2.19 bits per heavy atom. The lowest BCUT2D eigenvalue weighted by Gasteiger charge is -2.38. The van der Waals surface area contributed by atoms with Gasteiger partial charge >= 0.3 is 0 Å². The van der Waals surface area contributed by atoms with Crippen molar-refractivity contribution in [3.8, 4) is 0 Å². The van der Waals surface area contributed by atoms with Gasteiger partial charge in [0.15, 0.2) is 0 Å². The van der Waals surface area contributed by atoms with Crippen molar-refractivity contribution in [2.45, 2.75) is 50.1 Å². The average molecular weight is 296 g/mol. The number of nitrogens with one attached hydrogen (secondary N) is 1. The van der Waals surface area contributed by atoms with Crippen molar-refractivity contribution in [2.75, 3.05) is 40.8 Å². The monoisotopic (exact) mass is 296 g/mol. The summed E-state index contributed by atoms with van der Waals surface area (Å²) in [5, 5.41) is 3.24. The Hall–Kier alpha value is -0.650. The van der Waals surface area contributed by atoms with Crippen LogP contribution in [0.5, 0.6) is 0 Å². The van der Waals surface area contributed by atoms with Crippen LogP contribution < -0.4 is 11.1 Å². The molecule has 1 saturated carbocycles. The van der Waals surface area contributed by atoms with Gasteiger partial charge in [0.05, 0.1) is 0 Å². The zero-order chi connectivity index (χ0) is 15.5. The molecule has 122 valence electrons. The van der Waals surface area contributed by atoms with Crippen molar-refractivity contribution in [1.82, 2.24) is 15.1 Å². The summed E-state index contributed by atoms with van der Waals surface area (Å²) in [5.41, 5.74) is 5.21. The summed E-state index contributed by atoms with van der Waals surface area (Å²) in [6.45, 7) is 3.44. The highest BCUT2D eigenvalue weighted by atomic mass is 16.1. The fraction of sp³-hybridized carbons (Fsp3) is 0.938. The molecular weight excluding hydrogens is 264 g/mol. The van der Waals surface area contributed by atoms with Gasteiger partial charge in [0.25, 0.3) is 0 Å². The minimum Gasteiger partial charge on any atom is -0.368 e. The van der Waals surface area contributed by atoms with Crippen LogP contribution in [0.3, 0.4) is 0 Å². The van der Waals surface area contributed by atoms with Crippen molar-refractivity contribution < 1.29 is 4.79 Å². The average Bonchev–Trinajstić information content (AvgIpc) is 2.89. The van der Waals surface area contributed by atoms with Crippen molar-refractivity contribution in [3.63, 3.8) is 0 Å². The van der Waals surface area contributed by atoms with E-state index in [2.05, 4.69) is 29.2 Å². The van der Waals surface area contributed by atoms with E-state index in [9.17, 15) is 4.79 Å². The largest absolute Gasteiger partial charge is 0.368 e. The standard InChI is InChI=1S/C16H32N4O/c1-18-16(15(17)21)9-4-6-13(16)8-11-20(3)14-7-5-10-19(2)12-14/h13-14,18H,4-12H2,1-3H3,(H2,17,21). The predicted octanol–water partition coefficient (Wildman–Crippen LogP) is 0.646. The van der Waals surface area contributed by atoms with Gasteiger partial charge in [-0.2, -0.15) is 0 Å². The van der Waals surface area contributed by atoms with Crippen molar-refractivity contribution >= 4 is 5.91 Å². The van der Waals surface area contributed by atoms with E-state index in [0.717, 1.165) is 38.8 Å². The SMILES string of the molecule is CNC1(C(N)=O)CCCC1CCN(C)C1CCCN(C)C1. The molecule has 5 nitrogen and oxygen atoms in total. The lowest BCUT2D eigenvalue weighted by molar-refractivity contribution is -0.125. The molecule has 3 atom stereocenters. The normalized spacial score (nSPS) is 34.5. The Bertz CT molecular complexity index is 362. The molecule has 5 heteroatoms. The number of carbonyl (C=O) groups excluding carboxylic acids is 1. The second-order valence-electron chi connectivity index (χ2n) is 7.00. The van der Waals surface area contributed by atoms with Crippen molar-refractivity contribution in [2.24, 2.45) is 11.7 Å². The molecule has 3 N–H and O–H groups in total.